The summed E-state index contributed by atoms with van der Waals surface area (Å²) in [6, 6.07) is 14.8. The van der Waals surface area contributed by atoms with Crippen molar-refractivity contribution in [2.45, 2.75) is 19.1 Å². The van der Waals surface area contributed by atoms with E-state index in [2.05, 4.69) is 17.2 Å². The third kappa shape index (κ3) is 5.18. The predicted octanol–water partition coefficient (Wildman–Crippen LogP) is 1.07. The van der Waals surface area contributed by atoms with Crippen molar-refractivity contribution in [1.29, 1.82) is 0 Å². The third-order valence-corrected chi connectivity index (χ3v) is 3.43. The van der Waals surface area contributed by atoms with Crippen LogP contribution in [0.5, 0.6) is 0 Å². The summed E-state index contributed by atoms with van der Waals surface area (Å²) in [6.45, 7) is 1.34. The minimum Gasteiger partial charge on any atom is -0.391 e. The zero-order chi connectivity index (χ0) is 18.2. The van der Waals surface area contributed by atoms with Gasteiger partial charge < -0.3 is 10.4 Å². The Kier molecular flexibility index (Phi) is 6.29. The van der Waals surface area contributed by atoms with Crippen LogP contribution in [0.25, 0.3) is 0 Å². The number of hydroxylamine groups is 1. The Bertz CT molecular complexity index is 790. The molecule has 128 valence electrons. The van der Waals surface area contributed by atoms with Crippen LogP contribution in [-0.4, -0.2) is 34.3 Å². The Morgan fingerprint density at radius 2 is 1.52 bits per heavy atom. The molecule has 0 bridgehead atoms. The van der Waals surface area contributed by atoms with E-state index in [-0.39, 0.29) is 0 Å². The van der Waals surface area contributed by atoms with E-state index in [1.165, 1.54) is 12.4 Å². The Morgan fingerprint density at radius 1 is 0.960 bits per heavy atom. The second kappa shape index (κ2) is 8.64. The Hall–Kier alpha value is -3.14. The highest BCUT2D eigenvalue weighted by molar-refractivity contribution is 5.97. The minimum absolute atomic E-state index is 0.307. The molecular formula is C19H18N2O4. The van der Waals surface area contributed by atoms with Crippen LogP contribution in [0, 0.1) is 11.8 Å². The highest BCUT2D eigenvalue weighted by Crippen LogP contribution is 2.05. The lowest BCUT2D eigenvalue weighted by Crippen LogP contribution is -2.51. The number of hydrogen-bond donors (Lipinski definition) is 4. The molecule has 0 heterocycles. The number of hydrogen-bond acceptors (Lipinski definition) is 4. The summed E-state index contributed by atoms with van der Waals surface area (Å²) in [6.07, 6.45) is -1.16. The summed E-state index contributed by atoms with van der Waals surface area (Å²) < 4.78 is 0. The molecule has 2 amide bonds. The highest BCUT2D eigenvalue weighted by atomic mass is 16.5. The molecule has 2 aromatic rings. The molecule has 6 heteroatoms. The Labute approximate surface area is 145 Å². The largest absolute Gasteiger partial charge is 0.391 e. The summed E-state index contributed by atoms with van der Waals surface area (Å²) in [5, 5.41) is 20.5. The SMILES string of the molecule is CC(O)C(NC(=O)c1ccc(C#Cc2ccccc2)cc1)C(=O)NO. The van der Waals surface area contributed by atoms with Gasteiger partial charge in [-0.15, -0.1) is 0 Å². The van der Waals surface area contributed by atoms with Crippen LogP contribution in [0.4, 0.5) is 0 Å². The number of nitrogens with one attached hydrogen (secondary N) is 2. The fourth-order valence-electron chi connectivity index (χ4n) is 2.07. The normalized spacial score (nSPS) is 12.3. The number of benzene rings is 2. The van der Waals surface area contributed by atoms with Crippen LogP contribution in [0.15, 0.2) is 54.6 Å². The molecule has 0 fully saturated rings. The summed E-state index contributed by atoms with van der Waals surface area (Å²) in [5.41, 5.74) is 3.34. The maximum absolute atomic E-state index is 12.2. The van der Waals surface area contributed by atoms with Gasteiger partial charge in [-0.1, -0.05) is 30.0 Å². The number of carbonyl (C=O) groups is 2. The van der Waals surface area contributed by atoms with E-state index in [1.54, 1.807) is 24.3 Å². The maximum Gasteiger partial charge on any atom is 0.268 e. The van der Waals surface area contributed by atoms with Gasteiger partial charge in [0.2, 0.25) is 0 Å². The van der Waals surface area contributed by atoms with Crippen LogP contribution < -0.4 is 10.8 Å². The molecule has 0 saturated carbocycles. The number of carbonyl (C=O) groups excluding carboxylic acids is 2. The van der Waals surface area contributed by atoms with Gasteiger partial charge in [0.05, 0.1) is 6.10 Å². The van der Waals surface area contributed by atoms with E-state index >= 15 is 0 Å². The standard InChI is InChI=1S/C19H18N2O4/c1-13(22)17(19(24)21-25)20-18(23)16-11-9-15(10-12-16)8-7-14-5-3-2-4-6-14/h2-6,9-13,17,22,25H,1H3,(H,20,23)(H,21,24). The number of rotatable bonds is 4. The van der Waals surface area contributed by atoms with Crippen molar-refractivity contribution in [2.24, 2.45) is 0 Å². The molecule has 0 aliphatic heterocycles. The van der Waals surface area contributed by atoms with E-state index in [4.69, 9.17) is 5.21 Å². The summed E-state index contributed by atoms with van der Waals surface area (Å²) in [4.78, 5) is 23.6. The molecule has 0 aliphatic carbocycles. The van der Waals surface area contributed by atoms with Gasteiger partial charge in [0.15, 0.2) is 0 Å². The van der Waals surface area contributed by atoms with Crippen LogP contribution in [0.2, 0.25) is 0 Å². The fourth-order valence-corrected chi connectivity index (χ4v) is 2.07. The third-order valence-electron chi connectivity index (χ3n) is 3.43. The molecular weight excluding hydrogens is 320 g/mol. The predicted molar refractivity (Wildman–Crippen MR) is 91.7 cm³/mol. The lowest BCUT2D eigenvalue weighted by Gasteiger charge is -2.19. The molecule has 25 heavy (non-hydrogen) atoms. The van der Waals surface area contributed by atoms with Crippen LogP contribution in [-0.2, 0) is 4.79 Å². The van der Waals surface area contributed by atoms with Crippen molar-refractivity contribution >= 4 is 11.8 Å². The first-order valence-electron chi connectivity index (χ1n) is 7.61. The zero-order valence-corrected chi connectivity index (χ0v) is 13.6. The fraction of sp³-hybridized carbons (Fsp3) is 0.158. The molecule has 4 N–H and O–H groups in total. The summed E-state index contributed by atoms with van der Waals surface area (Å²) in [7, 11) is 0. The first-order chi connectivity index (χ1) is 12.0. The summed E-state index contributed by atoms with van der Waals surface area (Å²) in [5.74, 6) is 4.57. The molecule has 2 atom stereocenters. The second-order valence-corrected chi connectivity index (χ2v) is 5.36. The van der Waals surface area contributed by atoms with Gasteiger partial charge >= 0.3 is 0 Å². The topological polar surface area (TPSA) is 98.7 Å². The summed E-state index contributed by atoms with van der Waals surface area (Å²) >= 11 is 0. The van der Waals surface area contributed by atoms with Crippen molar-refractivity contribution < 1.29 is 19.9 Å². The molecule has 0 radical (unpaired) electrons. The van der Waals surface area contributed by atoms with Gasteiger partial charge in [-0.2, -0.15) is 0 Å². The highest BCUT2D eigenvalue weighted by Gasteiger charge is 2.25. The van der Waals surface area contributed by atoms with Gasteiger partial charge in [0.25, 0.3) is 11.8 Å². The van der Waals surface area contributed by atoms with Crippen LogP contribution >= 0.6 is 0 Å². The molecule has 0 spiro atoms. The van der Waals surface area contributed by atoms with Gasteiger partial charge in [0, 0.05) is 16.7 Å². The maximum atomic E-state index is 12.2. The van der Waals surface area contributed by atoms with E-state index in [0.717, 1.165) is 11.1 Å². The monoisotopic (exact) mass is 338 g/mol. The van der Waals surface area contributed by atoms with Crippen molar-refractivity contribution in [3.8, 4) is 11.8 Å². The van der Waals surface area contributed by atoms with Crippen LogP contribution in [0.3, 0.4) is 0 Å². The molecule has 0 aliphatic rings. The van der Waals surface area contributed by atoms with Gasteiger partial charge in [-0.3, -0.25) is 14.8 Å². The smallest absolute Gasteiger partial charge is 0.268 e. The zero-order valence-electron chi connectivity index (χ0n) is 13.6. The van der Waals surface area contributed by atoms with E-state index in [1.807, 2.05) is 30.3 Å². The molecule has 2 rings (SSSR count). The minimum atomic E-state index is -1.25. The Morgan fingerprint density at radius 3 is 2.04 bits per heavy atom. The first-order valence-corrected chi connectivity index (χ1v) is 7.61. The van der Waals surface area contributed by atoms with Gasteiger partial charge in [-0.05, 0) is 43.3 Å². The van der Waals surface area contributed by atoms with E-state index < -0.39 is 24.0 Å². The number of aliphatic hydroxyl groups excluding tert-OH is 1. The average Bonchev–Trinajstić information content (AvgIpc) is 2.64. The lowest BCUT2D eigenvalue weighted by molar-refractivity contribution is -0.133. The molecule has 0 saturated heterocycles. The van der Waals surface area contributed by atoms with Gasteiger partial charge in [0.1, 0.15) is 6.04 Å². The van der Waals surface area contributed by atoms with Crippen molar-refractivity contribution in [1.82, 2.24) is 10.8 Å². The molecule has 2 aromatic carbocycles. The number of aliphatic hydroxyl groups is 1. The van der Waals surface area contributed by atoms with Gasteiger partial charge in [-0.25, -0.2) is 5.48 Å². The first kappa shape index (κ1) is 18.2. The second-order valence-electron chi connectivity index (χ2n) is 5.36. The molecule has 6 nitrogen and oxygen atoms in total. The van der Waals surface area contributed by atoms with Crippen molar-refractivity contribution in [2.75, 3.05) is 0 Å². The average molecular weight is 338 g/mol. The number of amides is 2. The lowest BCUT2D eigenvalue weighted by atomic mass is 10.1. The molecule has 0 aromatic heterocycles. The van der Waals surface area contributed by atoms with Crippen LogP contribution in [0.1, 0.15) is 28.4 Å². The van der Waals surface area contributed by atoms with E-state index in [0.29, 0.717) is 5.56 Å². The quantitative estimate of drug-likeness (QED) is 0.381. The van der Waals surface area contributed by atoms with Crippen molar-refractivity contribution in [3.63, 3.8) is 0 Å². The van der Waals surface area contributed by atoms with E-state index in [9.17, 15) is 14.7 Å². The molecule has 2 unspecified atom stereocenters. The Balaban J connectivity index is 2.07. The van der Waals surface area contributed by atoms with Crippen molar-refractivity contribution in [3.05, 3.63) is 71.3 Å².